The average Bonchev–Trinajstić information content (AvgIpc) is 3.11. The van der Waals surface area contributed by atoms with Gasteiger partial charge in [0.25, 0.3) is 0 Å². The Morgan fingerprint density at radius 3 is 2.66 bits per heavy atom. The number of carbonyl (C=O) groups excluding carboxylic acids is 1. The van der Waals surface area contributed by atoms with E-state index >= 15 is 0 Å². The molecule has 1 aromatic heterocycles. The SMILES string of the molecule is CCNC(=O)C[C@@H]1N=C(c2ccc(Cl)cc2)c2cc(OOCC)ccc2-n2c(C)nnc21. The van der Waals surface area contributed by atoms with Crippen LogP contribution in [0.3, 0.4) is 0 Å². The van der Waals surface area contributed by atoms with Gasteiger partial charge in [-0.3, -0.25) is 14.4 Å². The van der Waals surface area contributed by atoms with Gasteiger partial charge in [-0.05, 0) is 51.1 Å². The minimum Gasteiger partial charge on any atom is -0.356 e. The molecule has 1 atom stereocenters. The Hall–Kier alpha value is -3.23. The Morgan fingerprint density at radius 2 is 1.94 bits per heavy atom. The van der Waals surface area contributed by atoms with E-state index < -0.39 is 6.04 Å². The number of benzene rings is 2. The van der Waals surface area contributed by atoms with Crippen LogP contribution in [0.2, 0.25) is 5.02 Å². The summed E-state index contributed by atoms with van der Waals surface area (Å²) in [7, 11) is 0. The zero-order valence-corrected chi connectivity index (χ0v) is 18.9. The van der Waals surface area contributed by atoms with E-state index in [1.807, 2.05) is 67.8 Å². The van der Waals surface area contributed by atoms with E-state index in [1.165, 1.54) is 0 Å². The molecule has 8 nitrogen and oxygen atoms in total. The highest BCUT2D eigenvalue weighted by molar-refractivity contribution is 6.30. The first-order chi connectivity index (χ1) is 15.5. The zero-order valence-electron chi connectivity index (χ0n) is 18.1. The van der Waals surface area contributed by atoms with Crippen LogP contribution in [0.4, 0.5) is 0 Å². The van der Waals surface area contributed by atoms with Gasteiger partial charge < -0.3 is 10.2 Å². The van der Waals surface area contributed by atoms with E-state index in [0.717, 1.165) is 16.8 Å². The number of halogens is 1. The fourth-order valence-electron chi connectivity index (χ4n) is 3.67. The number of aliphatic imine (C=N–C) groups is 1. The molecule has 0 aliphatic carbocycles. The van der Waals surface area contributed by atoms with Crippen LogP contribution in [0.5, 0.6) is 5.75 Å². The smallest absolute Gasteiger partial charge is 0.222 e. The number of fused-ring (bicyclic) bond motifs is 3. The van der Waals surface area contributed by atoms with Gasteiger partial charge >= 0.3 is 0 Å². The van der Waals surface area contributed by atoms with Gasteiger partial charge in [-0.25, -0.2) is 0 Å². The van der Waals surface area contributed by atoms with Gasteiger partial charge in [-0.15, -0.1) is 10.2 Å². The lowest BCUT2D eigenvalue weighted by atomic mass is 10.00. The maximum atomic E-state index is 12.5. The van der Waals surface area contributed by atoms with Crippen molar-refractivity contribution in [3.8, 4) is 11.4 Å². The summed E-state index contributed by atoms with van der Waals surface area (Å²) in [6.45, 7) is 6.57. The van der Waals surface area contributed by atoms with Gasteiger partial charge in [0.1, 0.15) is 11.9 Å². The topological polar surface area (TPSA) is 90.6 Å². The van der Waals surface area contributed by atoms with Gasteiger partial charge in [-0.2, -0.15) is 4.89 Å². The molecule has 2 heterocycles. The van der Waals surface area contributed by atoms with Gasteiger partial charge in [0.05, 0.1) is 24.4 Å². The molecule has 3 aromatic rings. The number of carbonyl (C=O) groups is 1. The van der Waals surface area contributed by atoms with Crippen LogP contribution in [0.15, 0.2) is 47.5 Å². The van der Waals surface area contributed by atoms with Crippen molar-refractivity contribution in [2.24, 2.45) is 4.99 Å². The highest BCUT2D eigenvalue weighted by Gasteiger charge is 2.30. The predicted molar refractivity (Wildman–Crippen MR) is 121 cm³/mol. The summed E-state index contributed by atoms with van der Waals surface area (Å²) in [4.78, 5) is 28.0. The molecule has 32 heavy (non-hydrogen) atoms. The molecule has 0 spiro atoms. The molecule has 0 unspecified atom stereocenters. The van der Waals surface area contributed by atoms with Crippen LogP contribution in [0.25, 0.3) is 5.69 Å². The number of hydrogen-bond acceptors (Lipinski definition) is 6. The molecule has 0 saturated heterocycles. The summed E-state index contributed by atoms with van der Waals surface area (Å²) < 4.78 is 1.94. The third kappa shape index (κ3) is 4.37. The lowest BCUT2D eigenvalue weighted by molar-refractivity contribution is -0.202. The Morgan fingerprint density at radius 1 is 1.16 bits per heavy atom. The third-order valence-electron chi connectivity index (χ3n) is 5.04. The summed E-state index contributed by atoms with van der Waals surface area (Å²) >= 11 is 6.12. The van der Waals surface area contributed by atoms with Crippen LogP contribution in [0, 0.1) is 6.92 Å². The summed E-state index contributed by atoms with van der Waals surface area (Å²) in [5, 5.41) is 12.1. The zero-order chi connectivity index (χ0) is 22.7. The number of rotatable bonds is 7. The van der Waals surface area contributed by atoms with Crippen molar-refractivity contribution in [3.63, 3.8) is 0 Å². The largest absolute Gasteiger partial charge is 0.356 e. The van der Waals surface area contributed by atoms with Crippen molar-refractivity contribution in [2.45, 2.75) is 33.2 Å². The molecule has 0 radical (unpaired) electrons. The second-order valence-electron chi connectivity index (χ2n) is 7.27. The van der Waals surface area contributed by atoms with Crippen molar-refractivity contribution >= 4 is 23.2 Å². The monoisotopic (exact) mass is 453 g/mol. The number of amides is 1. The predicted octanol–water partition coefficient (Wildman–Crippen LogP) is 3.98. The van der Waals surface area contributed by atoms with E-state index in [1.54, 1.807) is 0 Å². The quantitative estimate of drug-likeness (QED) is 0.431. The Balaban J connectivity index is 1.92. The van der Waals surface area contributed by atoms with E-state index in [9.17, 15) is 4.79 Å². The molecule has 9 heteroatoms. The second kappa shape index (κ2) is 9.50. The second-order valence-corrected chi connectivity index (χ2v) is 7.70. The van der Waals surface area contributed by atoms with Gasteiger partial charge in [0.15, 0.2) is 11.6 Å². The summed E-state index contributed by atoms with van der Waals surface area (Å²) in [6, 6.07) is 12.5. The molecule has 2 aromatic carbocycles. The van der Waals surface area contributed by atoms with Crippen LogP contribution < -0.4 is 10.2 Å². The van der Waals surface area contributed by atoms with E-state index in [2.05, 4.69) is 15.5 Å². The molecule has 0 fully saturated rings. The Bertz CT molecular complexity index is 1160. The van der Waals surface area contributed by atoms with Crippen molar-refractivity contribution in [2.75, 3.05) is 13.2 Å². The lowest BCUT2D eigenvalue weighted by Gasteiger charge is -2.14. The summed E-state index contributed by atoms with van der Waals surface area (Å²) in [5.41, 5.74) is 3.23. The molecule has 166 valence electrons. The van der Waals surface area contributed by atoms with E-state index in [0.29, 0.717) is 41.3 Å². The number of aromatic nitrogens is 3. The molecule has 0 saturated carbocycles. The van der Waals surface area contributed by atoms with Gasteiger partial charge in [0, 0.05) is 22.7 Å². The molecular weight excluding hydrogens is 430 g/mol. The first kappa shape index (κ1) is 22.0. The molecule has 1 aliphatic rings. The minimum absolute atomic E-state index is 0.102. The Kier molecular flexibility index (Phi) is 6.53. The van der Waals surface area contributed by atoms with Crippen molar-refractivity contribution < 1.29 is 14.6 Å². The van der Waals surface area contributed by atoms with Crippen molar-refractivity contribution in [1.82, 2.24) is 20.1 Å². The van der Waals surface area contributed by atoms with E-state index in [-0.39, 0.29) is 12.3 Å². The Labute approximate surface area is 191 Å². The van der Waals surface area contributed by atoms with Crippen molar-refractivity contribution in [3.05, 3.63) is 70.3 Å². The van der Waals surface area contributed by atoms with Crippen LogP contribution >= 0.6 is 11.6 Å². The fourth-order valence-corrected chi connectivity index (χ4v) is 3.80. The first-order valence-corrected chi connectivity index (χ1v) is 10.9. The molecule has 4 rings (SSSR count). The maximum absolute atomic E-state index is 12.5. The summed E-state index contributed by atoms with van der Waals surface area (Å²) in [6.07, 6.45) is 0.152. The molecule has 0 bridgehead atoms. The third-order valence-corrected chi connectivity index (χ3v) is 5.29. The summed E-state index contributed by atoms with van der Waals surface area (Å²) in [5.74, 6) is 1.75. The number of hydrogen-bond donors (Lipinski definition) is 1. The van der Waals surface area contributed by atoms with Crippen LogP contribution in [0.1, 0.15) is 49.1 Å². The molecule has 1 aliphatic heterocycles. The van der Waals surface area contributed by atoms with Crippen molar-refractivity contribution in [1.29, 1.82) is 0 Å². The molecular formula is C23H24ClN5O3. The normalized spacial score (nSPS) is 14.8. The maximum Gasteiger partial charge on any atom is 0.222 e. The van der Waals surface area contributed by atoms with Crippen LogP contribution in [-0.4, -0.2) is 39.5 Å². The molecule has 1 amide bonds. The minimum atomic E-state index is -0.517. The van der Waals surface area contributed by atoms with Gasteiger partial charge in [-0.1, -0.05) is 23.7 Å². The average molecular weight is 454 g/mol. The number of nitrogens with zero attached hydrogens (tertiary/aromatic N) is 4. The van der Waals surface area contributed by atoms with E-state index in [4.69, 9.17) is 26.4 Å². The first-order valence-electron chi connectivity index (χ1n) is 10.5. The van der Waals surface area contributed by atoms with Crippen LogP contribution in [-0.2, 0) is 9.68 Å². The fraction of sp³-hybridized carbons (Fsp3) is 0.304. The molecule has 1 N–H and O–H groups in total. The van der Waals surface area contributed by atoms with Gasteiger partial charge in [0.2, 0.25) is 5.91 Å². The number of nitrogens with one attached hydrogen (secondary N) is 1. The highest BCUT2D eigenvalue weighted by Crippen LogP contribution is 2.34. The highest BCUT2D eigenvalue weighted by atomic mass is 35.5. The standard InChI is InChI=1S/C23H24ClN5O3/c1-4-25-21(30)13-19-23-28-27-14(3)29(23)20-11-10-17(32-31-5-2)12-18(20)22(26-19)15-6-8-16(24)9-7-15/h6-12,19H,4-5,13H2,1-3H3,(H,25,30)/t19-/m0/s1. The lowest BCUT2D eigenvalue weighted by Crippen LogP contribution is -2.25. The number of aryl methyl sites for hydroxylation is 1.